The molecule has 52 heavy (non-hydrogen) atoms. The molecule has 8 aromatic carbocycles. The van der Waals surface area contributed by atoms with Crippen LogP contribution in [0.25, 0.3) is 49.7 Å². The molecule has 3 heterocycles. The van der Waals surface area contributed by atoms with E-state index >= 15 is 0 Å². The molecule has 0 N–H and O–H groups in total. The summed E-state index contributed by atoms with van der Waals surface area (Å²) in [4.78, 5) is 0. The Bertz CT molecular complexity index is 2810. The van der Waals surface area contributed by atoms with Gasteiger partial charge < -0.3 is 14.0 Å². The summed E-state index contributed by atoms with van der Waals surface area (Å²) in [6.07, 6.45) is 0. The Labute approximate surface area is 301 Å². The van der Waals surface area contributed by atoms with E-state index in [-0.39, 0.29) is 0 Å². The van der Waals surface area contributed by atoms with Crippen LogP contribution in [0.4, 0.5) is 0 Å². The lowest BCUT2D eigenvalue weighted by Gasteiger charge is -2.46. The van der Waals surface area contributed by atoms with Gasteiger partial charge in [0.2, 0.25) is 0 Å². The lowest BCUT2D eigenvalue weighted by atomic mass is 9.60. The number of ether oxygens (including phenoxy) is 2. The van der Waals surface area contributed by atoms with E-state index in [4.69, 9.17) is 9.47 Å². The second-order valence-corrected chi connectivity index (χ2v) is 13.6. The normalized spacial score (nSPS) is 15.3. The number of hydrogen-bond acceptors (Lipinski definition) is 2. The first kappa shape index (κ1) is 28.9. The van der Waals surface area contributed by atoms with Gasteiger partial charge in [-0.25, -0.2) is 0 Å². The van der Waals surface area contributed by atoms with Gasteiger partial charge in [0.1, 0.15) is 23.0 Å². The van der Waals surface area contributed by atoms with Crippen molar-refractivity contribution < 1.29 is 9.47 Å². The maximum absolute atomic E-state index is 6.95. The van der Waals surface area contributed by atoms with Crippen molar-refractivity contribution in [1.82, 2.24) is 4.57 Å². The number of hydrogen-bond donors (Lipinski definition) is 0. The number of benzene rings is 8. The zero-order chi connectivity index (χ0) is 34.2. The van der Waals surface area contributed by atoms with E-state index < -0.39 is 5.41 Å². The molecule has 1 unspecified atom stereocenters. The molecular weight excluding hydrogens is 635 g/mol. The predicted octanol–water partition coefficient (Wildman–Crippen LogP) is 12.7. The van der Waals surface area contributed by atoms with E-state index in [1.807, 2.05) is 0 Å². The van der Waals surface area contributed by atoms with Crippen molar-refractivity contribution in [2.24, 2.45) is 0 Å². The molecule has 2 aliphatic rings. The molecule has 11 rings (SSSR count). The molecule has 244 valence electrons. The van der Waals surface area contributed by atoms with Crippen molar-refractivity contribution in [3.05, 3.63) is 210 Å². The number of para-hydroxylation sites is 5. The standard InChI is InChI=1S/C49H31NO2/c1-3-15-32(16-4-1)33-29-30-45-41(31-33)49(39-23-8-11-26-43(39)51-45)40-24-9-12-27-44(40)52-46-28-14-20-36(47(46)49)38-22-13-21-37-35-19-7-10-25-42(35)50(48(37)38)34-17-5-2-6-18-34/h1-31H. The minimum atomic E-state index is -0.762. The van der Waals surface area contributed by atoms with Gasteiger partial charge in [0, 0.05) is 44.3 Å². The van der Waals surface area contributed by atoms with Crippen LogP contribution in [-0.4, -0.2) is 4.57 Å². The molecule has 0 saturated heterocycles. The van der Waals surface area contributed by atoms with Gasteiger partial charge in [-0.05, 0) is 65.2 Å². The van der Waals surface area contributed by atoms with Crippen molar-refractivity contribution in [3.63, 3.8) is 0 Å². The van der Waals surface area contributed by atoms with Crippen LogP contribution in [0.1, 0.15) is 22.3 Å². The van der Waals surface area contributed by atoms with Gasteiger partial charge in [0.05, 0.1) is 16.4 Å². The van der Waals surface area contributed by atoms with E-state index in [1.54, 1.807) is 0 Å². The topological polar surface area (TPSA) is 23.4 Å². The van der Waals surface area contributed by atoms with Crippen LogP contribution in [0.3, 0.4) is 0 Å². The van der Waals surface area contributed by atoms with Crippen LogP contribution in [0, 0.1) is 0 Å². The molecule has 0 aliphatic carbocycles. The van der Waals surface area contributed by atoms with E-state index in [0.29, 0.717) is 0 Å². The fourth-order valence-corrected chi connectivity index (χ4v) is 8.84. The number of fused-ring (bicyclic) bond motifs is 11. The first-order valence-electron chi connectivity index (χ1n) is 17.8. The molecule has 2 aliphatic heterocycles. The quantitative estimate of drug-likeness (QED) is 0.187. The first-order chi connectivity index (χ1) is 25.8. The average Bonchev–Trinajstić information content (AvgIpc) is 3.56. The van der Waals surface area contributed by atoms with E-state index in [1.165, 1.54) is 16.3 Å². The van der Waals surface area contributed by atoms with E-state index in [2.05, 4.69) is 193 Å². The Hall–Kier alpha value is -6.84. The molecule has 9 aromatic rings. The second kappa shape index (κ2) is 11.1. The van der Waals surface area contributed by atoms with Crippen molar-refractivity contribution in [2.75, 3.05) is 0 Å². The van der Waals surface area contributed by atoms with Gasteiger partial charge in [0.15, 0.2) is 0 Å². The Balaban J connectivity index is 1.31. The fourth-order valence-electron chi connectivity index (χ4n) is 8.84. The van der Waals surface area contributed by atoms with Gasteiger partial charge in [-0.1, -0.05) is 140 Å². The van der Waals surface area contributed by atoms with Crippen molar-refractivity contribution in [2.45, 2.75) is 5.41 Å². The molecule has 0 saturated carbocycles. The number of nitrogens with zero attached hydrogens (tertiary/aromatic N) is 1. The van der Waals surface area contributed by atoms with Crippen LogP contribution in [-0.2, 0) is 5.41 Å². The Kier molecular flexibility index (Phi) is 6.17. The minimum absolute atomic E-state index is 0.762. The van der Waals surface area contributed by atoms with Crippen LogP contribution < -0.4 is 9.47 Å². The van der Waals surface area contributed by atoms with Crippen LogP contribution in [0.2, 0.25) is 0 Å². The maximum atomic E-state index is 6.95. The molecule has 0 amide bonds. The fraction of sp³-hybridized carbons (Fsp3) is 0.0204. The SMILES string of the molecule is c1ccc(-c2ccc3c(c2)C2(c4ccccc4O3)c3ccccc3Oc3cccc(-c4cccc5c6ccccc6n(-c6ccccc6)c45)c32)cc1. The molecule has 1 spiro atoms. The highest BCUT2D eigenvalue weighted by Crippen LogP contribution is 2.63. The van der Waals surface area contributed by atoms with Gasteiger partial charge >= 0.3 is 0 Å². The summed E-state index contributed by atoms with van der Waals surface area (Å²) in [5.74, 6) is 3.36. The highest BCUT2D eigenvalue weighted by Gasteiger charge is 2.52. The molecular formula is C49H31NO2. The number of aromatic nitrogens is 1. The lowest BCUT2D eigenvalue weighted by molar-refractivity contribution is 0.400. The Morgan fingerprint density at radius 3 is 1.75 bits per heavy atom. The molecule has 3 heteroatoms. The first-order valence-corrected chi connectivity index (χ1v) is 17.8. The monoisotopic (exact) mass is 665 g/mol. The smallest absolute Gasteiger partial charge is 0.132 e. The van der Waals surface area contributed by atoms with Gasteiger partial charge in [0.25, 0.3) is 0 Å². The molecule has 1 atom stereocenters. The van der Waals surface area contributed by atoms with E-state index in [9.17, 15) is 0 Å². The zero-order valence-corrected chi connectivity index (χ0v) is 28.2. The summed E-state index contributed by atoms with van der Waals surface area (Å²) in [6, 6.07) is 67.0. The summed E-state index contributed by atoms with van der Waals surface area (Å²) < 4.78 is 16.2. The molecule has 0 bridgehead atoms. The summed E-state index contributed by atoms with van der Waals surface area (Å²) in [5, 5.41) is 2.43. The molecule has 3 nitrogen and oxygen atoms in total. The minimum Gasteiger partial charge on any atom is -0.457 e. The predicted molar refractivity (Wildman–Crippen MR) is 210 cm³/mol. The summed E-state index contributed by atoms with van der Waals surface area (Å²) >= 11 is 0. The van der Waals surface area contributed by atoms with Crippen LogP contribution >= 0.6 is 0 Å². The van der Waals surface area contributed by atoms with Crippen molar-refractivity contribution >= 4 is 21.8 Å². The lowest BCUT2D eigenvalue weighted by Crippen LogP contribution is -2.37. The third kappa shape index (κ3) is 3.96. The summed E-state index contributed by atoms with van der Waals surface area (Å²) in [5.41, 5.74) is 11.6. The van der Waals surface area contributed by atoms with Crippen LogP contribution in [0.15, 0.2) is 188 Å². The van der Waals surface area contributed by atoms with Crippen molar-refractivity contribution in [1.29, 1.82) is 0 Å². The highest BCUT2D eigenvalue weighted by atomic mass is 16.5. The molecule has 1 aromatic heterocycles. The zero-order valence-electron chi connectivity index (χ0n) is 28.2. The second-order valence-electron chi connectivity index (χ2n) is 13.6. The highest BCUT2D eigenvalue weighted by molar-refractivity contribution is 6.14. The third-order valence-electron chi connectivity index (χ3n) is 10.9. The van der Waals surface area contributed by atoms with Gasteiger partial charge in [-0.3, -0.25) is 0 Å². The van der Waals surface area contributed by atoms with E-state index in [0.717, 1.165) is 78.7 Å². The van der Waals surface area contributed by atoms with Gasteiger partial charge in [-0.15, -0.1) is 0 Å². The van der Waals surface area contributed by atoms with Gasteiger partial charge in [-0.2, -0.15) is 0 Å². The number of rotatable bonds is 3. The summed E-state index contributed by atoms with van der Waals surface area (Å²) in [6.45, 7) is 0. The molecule has 0 radical (unpaired) electrons. The Morgan fingerprint density at radius 1 is 0.385 bits per heavy atom. The molecule has 0 fully saturated rings. The van der Waals surface area contributed by atoms with Crippen LogP contribution in [0.5, 0.6) is 23.0 Å². The summed E-state index contributed by atoms with van der Waals surface area (Å²) in [7, 11) is 0. The third-order valence-corrected chi connectivity index (χ3v) is 10.9. The Morgan fingerprint density at radius 2 is 0.962 bits per heavy atom. The average molecular weight is 666 g/mol. The van der Waals surface area contributed by atoms with Crippen molar-refractivity contribution in [3.8, 4) is 50.9 Å². The maximum Gasteiger partial charge on any atom is 0.132 e. The largest absolute Gasteiger partial charge is 0.457 e.